The Bertz CT molecular complexity index is 1110. The van der Waals surface area contributed by atoms with Crippen LogP contribution < -0.4 is 10.1 Å². The fourth-order valence-corrected chi connectivity index (χ4v) is 3.82. The molecular weight excluding hydrogens is 394 g/mol. The van der Waals surface area contributed by atoms with Crippen LogP contribution in [0.5, 0.6) is 5.75 Å². The third-order valence-corrected chi connectivity index (χ3v) is 5.31. The van der Waals surface area contributed by atoms with Crippen molar-refractivity contribution in [2.45, 2.75) is 32.9 Å². The molecule has 8 heteroatoms. The number of aromatic nitrogens is 3. The van der Waals surface area contributed by atoms with Gasteiger partial charge in [-0.25, -0.2) is 0 Å². The molecule has 0 aliphatic carbocycles. The highest BCUT2D eigenvalue weighted by atomic mass is 16.5. The van der Waals surface area contributed by atoms with Crippen molar-refractivity contribution < 1.29 is 14.3 Å². The molecular formula is C23H25N5O3. The monoisotopic (exact) mass is 419 g/mol. The third kappa shape index (κ3) is 4.14. The quantitative estimate of drug-likeness (QED) is 0.611. The largest absolute Gasteiger partial charge is 0.496 e. The van der Waals surface area contributed by atoms with E-state index in [0.717, 1.165) is 11.1 Å². The molecule has 0 saturated heterocycles. The minimum atomic E-state index is -0.617. The van der Waals surface area contributed by atoms with E-state index >= 15 is 0 Å². The molecule has 2 aromatic carbocycles. The van der Waals surface area contributed by atoms with E-state index in [1.54, 1.807) is 18.1 Å². The molecule has 160 valence electrons. The van der Waals surface area contributed by atoms with Gasteiger partial charge in [0.05, 0.1) is 12.7 Å². The Hall–Kier alpha value is -3.68. The number of anilines is 1. The Morgan fingerprint density at radius 2 is 1.87 bits per heavy atom. The maximum absolute atomic E-state index is 13.2. The number of benzene rings is 2. The van der Waals surface area contributed by atoms with Crippen molar-refractivity contribution in [1.29, 1.82) is 0 Å². The van der Waals surface area contributed by atoms with Crippen LogP contribution in [0, 0.1) is 5.92 Å². The van der Waals surface area contributed by atoms with Gasteiger partial charge in [-0.1, -0.05) is 44.2 Å². The average Bonchev–Trinajstić information content (AvgIpc) is 3.36. The number of para-hydroxylation sites is 1. The van der Waals surface area contributed by atoms with Crippen molar-refractivity contribution >= 4 is 17.8 Å². The number of amides is 2. The molecule has 0 spiro atoms. The number of H-pyrrole nitrogens is 1. The van der Waals surface area contributed by atoms with E-state index in [4.69, 9.17) is 4.74 Å². The van der Waals surface area contributed by atoms with Gasteiger partial charge in [-0.2, -0.15) is 4.98 Å². The topological polar surface area (TPSA) is 100 Å². The first kappa shape index (κ1) is 20.6. The molecule has 0 bridgehead atoms. The first-order valence-corrected chi connectivity index (χ1v) is 10.2. The van der Waals surface area contributed by atoms with Crippen LogP contribution in [0.3, 0.4) is 0 Å². The lowest BCUT2D eigenvalue weighted by Crippen LogP contribution is -2.45. The molecule has 0 fully saturated rings. The molecule has 4 rings (SSSR count). The van der Waals surface area contributed by atoms with E-state index in [1.807, 2.05) is 56.3 Å². The lowest BCUT2D eigenvalue weighted by molar-refractivity contribution is -0.121. The number of nitrogens with one attached hydrogen (secondary N) is 2. The van der Waals surface area contributed by atoms with Gasteiger partial charge in [-0.15, -0.1) is 5.10 Å². The van der Waals surface area contributed by atoms with Gasteiger partial charge in [0.25, 0.3) is 5.91 Å². The zero-order valence-corrected chi connectivity index (χ0v) is 17.8. The zero-order valence-electron chi connectivity index (χ0n) is 17.8. The van der Waals surface area contributed by atoms with Crippen molar-refractivity contribution in [2.75, 3.05) is 12.4 Å². The van der Waals surface area contributed by atoms with E-state index in [-0.39, 0.29) is 23.7 Å². The Labute approximate surface area is 180 Å². The van der Waals surface area contributed by atoms with Crippen LogP contribution in [0.4, 0.5) is 5.95 Å². The molecule has 1 aliphatic heterocycles. The Morgan fingerprint density at radius 1 is 1.16 bits per heavy atom. The Kier molecular flexibility index (Phi) is 5.70. The fraction of sp³-hybridized carbons (Fsp3) is 0.304. The minimum absolute atomic E-state index is 0.124. The van der Waals surface area contributed by atoms with Crippen molar-refractivity contribution in [2.24, 2.45) is 5.92 Å². The van der Waals surface area contributed by atoms with Crippen LogP contribution in [-0.2, 0) is 11.3 Å². The molecule has 3 aromatic rings. The van der Waals surface area contributed by atoms with Crippen molar-refractivity contribution in [3.05, 3.63) is 59.7 Å². The summed E-state index contributed by atoms with van der Waals surface area (Å²) in [6.45, 7) is 4.47. The molecule has 2 N–H and O–H groups in total. The van der Waals surface area contributed by atoms with Crippen LogP contribution in [0.15, 0.2) is 48.5 Å². The van der Waals surface area contributed by atoms with Crippen LogP contribution >= 0.6 is 0 Å². The van der Waals surface area contributed by atoms with Gasteiger partial charge in [0.1, 0.15) is 11.8 Å². The molecule has 8 nitrogen and oxygen atoms in total. The smallest absolute Gasteiger partial charge is 0.255 e. The van der Waals surface area contributed by atoms with Crippen molar-refractivity contribution in [3.8, 4) is 17.1 Å². The number of methoxy groups -OCH3 is 1. The molecule has 2 heterocycles. The van der Waals surface area contributed by atoms with E-state index in [0.29, 0.717) is 30.1 Å². The second kappa shape index (κ2) is 8.59. The number of ether oxygens (including phenoxy) is 1. The normalized spacial score (nSPS) is 13.9. The van der Waals surface area contributed by atoms with Crippen LogP contribution in [0.25, 0.3) is 11.4 Å². The van der Waals surface area contributed by atoms with E-state index in [1.165, 1.54) is 0 Å². The summed E-state index contributed by atoms with van der Waals surface area (Å²) in [7, 11) is 1.58. The predicted molar refractivity (Wildman–Crippen MR) is 117 cm³/mol. The number of rotatable bonds is 7. The van der Waals surface area contributed by atoms with Crippen LogP contribution in [0.1, 0.15) is 36.2 Å². The van der Waals surface area contributed by atoms with Gasteiger partial charge >= 0.3 is 0 Å². The number of fused-ring (bicyclic) bond motifs is 1. The van der Waals surface area contributed by atoms with Gasteiger partial charge < -0.3 is 9.64 Å². The molecule has 31 heavy (non-hydrogen) atoms. The lowest BCUT2D eigenvalue weighted by atomic mass is 10.0. The van der Waals surface area contributed by atoms with E-state index in [9.17, 15) is 9.59 Å². The van der Waals surface area contributed by atoms with Gasteiger partial charge in [0.15, 0.2) is 5.82 Å². The standard InChI is InChI=1S/C23H25N5O3/c1-14(2)12-18(28-13-15-8-4-5-9-16(15)22(28)30)21(29)25-23-24-20(26-27-23)17-10-6-7-11-19(17)31-3/h4-11,14,18H,12-13H2,1-3H3,(H2,24,25,26,27,29). The summed E-state index contributed by atoms with van der Waals surface area (Å²) in [4.78, 5) is 32.1. The predicted octanol–water partition coefficient (Wildman–Crippen LogP) is 3.49. The second-order valence-corrected chi connectivity index (χ2v) is 7.93. The number of carbonyl (C=O) groups is 2. The van der Waals surface area contributed by atoms with Crippen LogP contribution in [-0.4, -0.2) is 45.0 Å². The summed E-state index contributed by atoms with van der Waals surface area (Å²) in [6.07, 6.45) is 0.537. The summed E-state index contributed by atoms with van der Waals surface area (Å²) < 4.78 is 5.36. The van der Waals surface area contributed by atoms with Crippen molar-refractivity contribution in [3.63, 3.8) is 0 Å². The van der Waals surface area contributed by atoms with Gasteiger partial charge in [-0.3, -0.25) is 20.0 Å². The van der Waals surface area contributed by atoms with Gasteiger partial charge in [0.2, 0.25) is 11.9 Å². The zero-order chi connectivity index (χ0) is 22.0. The third-order valence-electron chi connectivity index (χ3n) is 5.31. The average molecular weight is 419 g/mol. The molecule has 0 radical (unpaired) electrons. The summed E-state index contributed by atoms with van der Waals surface area (Å²) in [5, 5.41) is 9.74. The highest BCUT2D eigenvalue weighted by Crippen LogP contribution is 2.29. The number of hydrogen-bond acceptors (Lipinski definition) is 5. The highest BCUT2D eigenvalue weighted by Gasteiger charge is 2.36. The van der Waals surface area contributed by atoms with E-state index < -0.39 is 6.04 Å². The summed E-state index contributed by atoms with van der Waals surface area (Å²) >= 11 is 0. The van der Waals surface area contributed by atoms with Crippen LogP contribution in [0.2, 0.25) is 0 Å². The molecule has 2 amide bonds. The maximum Gasteiger partial charge on any atom is 0.255 e. The summed E-state index contributed by atoms with van der Waals surface area (Å²) in [6, 6.07) is 14.3. The molecule has 1 aliphatic rings. The molecule has 1 atom stereocenters. The van der Waals surface area contributed by atoms with Gasteiger partial charge in [-0.05, 0) is 36.1 Å². The number of hydrogen-bond donors (Lipinski definition) is 2. The molecule has 1 aromatic heterocycles. The molecule has 1 unspecified atom stereocenters. The van der Waals surface area contributed by atoms with Gasteiger partial charge in [0, 0.05) is 12.1 Å². The fourth-order valence-electron chi connectivity index (χ4n) is 3.82. The molecule has 0 saturated carbocycles. The number of carbonyl (C=O) groups excluding carboxylic acids is 2. The maximum atomic E-state index is 13.2. The first-order valence-electron chi connectivity index (χ1n) is 10.2. The van der Waals surface area contributed by atoms with Crippen molar-refractivity contribution in [1.82, 2.24) is 20.1 Å². The SMILES string of the molecule is COc1ccccc1-c1nc(NC(=O)C(CC(C)C)N2Cc3ccccc3C2=O)n[nH]1. The second-order valence-electron chi connectivity index (χ2n) is 7.93. The lowest BCUT2D eigenvalue weighted by Gasteiger charge is -2.27. The minimum Gasteiger partial charge on any atom is -0.496 e. The summed E-state index contributed by atoms with van der Waals surface area (Å²) in [5.41, 5.74) is 2.33. The first-order chi connectivity index (χ1) is 15.0. The Balaban J connectivity index is 1.54. The summed E-state index contributed by atoms with van der Waals surface area (Å²) in [5.74, 6) is 1.08. The van der Waals surface area contributed by atoms with E-state index in [2.05, 4.69) is 20.5 Å². The number of nitrogens with zero attached hydrogens (tertiary/aromatic N) is 3. The number of aromatic amines is 1. The Morgan fingerprint density at radius 3 is 2.58 bits per heavy atom. The highest BCUT2D eigenvalue weighted by molar-refractivity contribution is 6.03.